The van der Waals surface area contributed by atoms with Crippen molar-refractivity contribution in [2.24, 2.45) is 16.3 Å². The SMILES string of the molecule is CC1(C)CCC(OCc2cc(F)cc(/C(N)=N/O)c2)CC1. The summed E-state index contributed by atoms with van der Waals surface area (Å²) in [6.07, 6.45) is 4.60. The van der Waals surface area contributed by atoms with Crippen molar-refractivity contribution >= 4 is 5.84 Å². The van der Waals surface area contributed by atoms with E-state index < -0.39 is 5.82 Å². The summed E-state index contributed by atoms with van der Waals surface area (Å²) in [4.78, 5) is 0. The van der Waals surface area contributed by atoms with Crippen molar-refractivity contribution in [3.63, 3.8) is 0 Å². The Morgan fingerprint density at radius 1 is 1.38 bits per heavy atom. The molecule has 0 saturated heterocycles. The molecule has 1 saturated carbocycles. The Hall–Kier alpha value is -1.62. The van der Waals surface area contributed by atoms with Gasteiger partial charge in [0.05, 0.1) is 12.7 Å². The zero-order valence-electron chi connectivity index (χ0n) is 12.6. The maximum atomic E-state index is 13.5. The van der Waals surface area contributed by atoms with Crippen molar-refractivity contribution in [1.29, 1.82) is 0 Å². The average Bonchev–Trinajstić information content (AvgIpc) is 2.44. The highest BCUT2D eigenvalue weighted by molar-refractivity contribution is 5.97. The Labute approximate surface area is 124 Å². The number of nitrogens with two attached hydrogens (primary N) is 1. The van der Waals surface area contributed by atoms with E-state index >= 15 is 0 Å². The summed E-state index contributed by atoms with van der Waals surface area (Å²) in [6, 6.07) is 4.34. The van der Waals surface area contributed by atoms with Gasteiger partial charge in [-0.1, -0.05) is 19.0 Å². The number of nitrogens with zero attached hydrogens (tertiary/aromatic N) is 1. The van der Waals surface area contributed by atoms with Crippen LogP contribution in [0.4, 0.5) is 4.39 Å². The van der Waals surface area contributed by atoms with E-state index in [1.54, 1.807) is 6.07 Å². The second kappa shape index (κ2) is 6.43. The minimum atomic E-state index is -0.414. The van der Waals surface area contributed by atoms with E-state index in [1.807, 2.05) is 0 Å². The zero-order valence-corrected chi connectivity index (χ0v) is 12.6. The van der Waals surface area contributed by atoms with Gasteiger partial charge in [0.1, 0.15) is 5.82 Å². The minimum absolute atomic E-state index is 0.102. The van der Waals surface area contributed by atoms with Crippen LogP contribution in [0.15, 0.2) is 23.4 Å². The zero-order chi connectivity index (χ0) is 15.5. The Kier molecular flexibility index (Phi) is 4.83. The van der Waals surface area contributed by atoms with E-state index in [9.17, 15) is 4.39 Å². The Morgan fingerprint density at radius 2 is 2.05 bits per heavy atom. The van der Waals surface area contributed by atoms with Crippen LogP contribution in [-0.4, -0.2) is 17.1 Å². The van der Waals surface area contributed by atoms with Gasteiger partial charge < -0.3 is 15.7 Å². The van der Waals surface area contributed by atoms with Crippen molar-refractivity contribution in [3.8, 4) is 0 Å². The molecule has 1 aromatic carbocycles. The van der Waals surface area contributed by atoms with Crippen LogP contribution in [-0.2, 0) is 11.3 Å². The number of hydrogen-bond donors (Lipinski definition) is 2. The van der Waals surface area contributed by atoms with E-state index in [4.69, 9.17) is 15.7 Å². The maximum Gasteiger partial charge on any atom is 0.170 e. The molecule has 3 N–H and O–H groups in total. The van der Waals surface area contributed by atoms with Crippen LogP contribution in [0.3, 0.4) is 0 Å². The van der Waals surface area contributed by atoms with Crippen LogP contribution in [0, 0.1) is 11.2 Å². The second-order valence-corrected chi connectivity index (χ2v) is 6.51. The van der Waals surface area contributed by atoms with Crippen LogP contribution < -0.4 is 5.73 Å². The van der Waals surface area contributed by atoms with E-state index in [2.05, 4.69) is 19.0 Å². The Morgan fingerprint density at radius 3 is 2.67 bits per heavy atom. The summed E-state index contributed by atoms with van der Waals surface area (Å²) in [5, 5.41) is 11.6. The highest BCUT2D eigenvalue weighted by Crippen LogP contribution is 2.36. The average molecular weight is 294 g/mol. The Balaban J connectivity index is 1.96. The Bertz CT molecular complexity index is 519. The van der Waals surface area contributed by atoms with Crippen molar-refractivity contribution < 1.29 is 14.3 Å². The van der Waals surface area contributed by atoms with E-state index in [-0.39, 0.29) is 11.9 Å². The largest absolute Gasteiger partial charge is 0.409 e. The summed E-state index contributed by atoms with van der Waals surface area (Å²) >= 11 is 0. The summed E-state index contributed by atoms with van der Waals surface area (Å²) in [7, 11) is 0. The molecule has 0 bridgehead atoms. The minimum Gasteiger partial charge on any atom is -0.409 e. The van der Waals surface area contributed by atoms with Gasteiger partial charge in [-0.2, -0.15) is 0 Å². The summed E-state index contributed by atoms with van der Waals surface area (Å²) in [5.41, 5.74) is 6.95. The van der Waals surface area contributed by atoms with Crippen molar-refractivity contribution in [2.75, 3.05) is 0 Å². The monoisotopic (exact) mass is 294 g/mol. The van der Waals surface area contributed by atoms with Gasteiger partial charge in [-0.3, -0.25) is 0 Å². The molecular weight excluding hydrogens is 271 g/mol. The topological polar surface area (TPSA) is 67.8 Å². The van der Waals surface area contributed by atoms with Gasteiger partial charge in [0.15, 0.2) is 5.84 Å². The van der Waals surface area contributed by atoms with Gasteiger partial charge in [-0.15, -0.1) is 0 Å². The molecule has 1 fully saturated rings. The maximum absolute atomic E-state index is 13.5. The van der Waals surface area contributed by atoms with Gasteiger partial charge in [-0.25, -0.2) is 4.39 Å². The van der Waals surface area contributed by atoms with Crippen LogP contribution in [0.1, 0.15) is 50.7 Å². The van der Waals surface area contributed by atoms with Crippen LogP contribution in [0.25, 0.3) is 0 Å². The lowest BCUT2D eigenvalue weighted by atomic mass is 9.76. The molecule has 0 heterocycles. The fraction of sp³-hybridized carbons (Fsp3) is 0.562. The summed E-state index contributed by atoms with van der Waals surface area (Å²) < 4.78 is 19.4. The van der Waals surface area contributed by atoms with E-state index in [0.717, 1.165) is 25.7 Å². The first-order valence-corrected chi connectivity index (χ1v) is 7.28. The third-order valence-electron chi connectivity index (χ3n) is 4.13. The van der Waals surface area contributed by atoms with Gasteiger partial charge in [0.25, 0.3) is 0 Å². The normalized spacial score (nSPS) is 19.7. The first-order chi connectivity index (χ1) is 9.89. The molecule has 116 valence electrons. The lowest BCUT2D eigenvalue weighted by Gasteiger charge is -2.34. The molecule has 0 amide bonds. The number of halogens is 1. The molecule has 0 aliphatic heterocycles. The molecule has 1 aliphatic rings. The highest BCUT2D eigenvalue weighted by atomic mass is 19.1. The number of oxime groups is 1. The van der Waals surface area contributed by atoms with Gasteiger partial charge in [-0.05, 0) is 54.9 Å². The van der Waals surface area contributed by atoms with Gasteiger partial charge in [0.2, 0.25) is 0 Å². The van der Waals surface area contributed by atoms with E-state index in [0.29, 0.717) is 23.1 Å². The van der Waals surface area contributed by atoms with Crippen LogP contribution in [0.2, 0.25) is 0 Å². The lowest BCUT2D eigenvalue weighted by Crippen LogP contribution is -2.26. The first-order valence-electron chi connectivity index (χ1n) is 7.28. The second-order valence-electron chi connectivity index (χ2n) is 6.51. The summed E-state index contributed by atoms with van der Waals surface area (Å²) in [6.45, 7) is 4.90. The molecule has 21 heavy (non-hydrogen) atoms. The molecule has 2 rings (SSSR count). The molecule has 4 nitrogen and oxygen atoms in total. The summed E-state index contributed by atoms with van der Waals surface area (Å²) in [5.74, 6) is -0.516. The number of ether oxygens (including phenoxy) is 1. The van der Waals surface area contributed by atoms with Crippen LogP contribution >= 0.6 is 0 Å². The smallest absolute Gasteiger partial charge is 0.170 e. The molecule has 0 aromatic heterocycles. The molecule has 5 heteroatoms. The molecular formula is C16H23FN2O2. The molecule has 1 aromatic rings. The third kappa shape index (κ3) is 4.43. The molecule has 0 spiro atoms. The van der Waals surface area contributed by atoms with Crippen molar-refractivity contribution in [3.05, 3.63) is 35.1 Å². The van der Waals surface area contributed by atoms with Crippen LogP contribution in [0.5, 0.6) is 0 Å². The van der Waals surface area contributed by atoms with Gasteiger partial charge >= 0.3 is 0 Å². The fourth-order valence-corrected chi connectivity index (χ4v) is 2.69. The quantitative estimate of drug-likeness (QED) is 0.387. The standard InChI is InChI=1S/C16H23FN2O2/c1-16(2)5-3-14(4-6-16)21-10-11-7-12(15(18)19-20)9-13(17)8-11/h7-9,14,20H,3-6,10H2,1-2H3,(H2,18,19). The number of rotatable bonds is 4. The highest BCUT2D eigenvalue weighted by Gasteiger charge is 2.27. The number of amidine groups is 1. The molecule has 1 aliphatic carbocycles. The van der Waals surface area contributed by atoms with Crippen molar-refractivity contribution in [1.82, 2.24) is 0 Å². The molecule has 0 atom stereocenters. The predicted molar refractivity (Wildman–Crippen MR) is 79.7 cm³/mol. The molecule has 0 unspecified atom stereocenters. The fourth-order valence-electron chi connectivity index (χ4n) is 2.69. The van der Waals surface area contributed by atoms with Gasteiger partial charge in [0, 0.05) is 5.56 Å². The lowest BCUT2D eigenvalue weighted by molar-refractivity contribution is -0.00566. The third-order valence-corrected chi connectivity index (χ3v) is 4.13. The van der Waals surface area contributed by atoms with E-state index in [1.165, 1.54) is 12.1 Å². The number of hydrogen-bond acceptors (Lipinski definition) is 3. The predicted octanol–water partition coefficient (Wildman–Crippen LogP) is 3.41. The van der Waals surface area contributed by atoms with Crippen molar-refractivity contribution in [2.45, 2.75) is 52.2 Å². The molecule has 0 radical (unpaired) electrons. The number of benzene rings is 1. The first kappa shape index (κ1) is 15.8.